The van der Waals surface area contributed by atoms with E-state index in [0.717, 1.165) is 17.0 Å². The number of carbonyl (C=O) groups excluding carboxylic acids is 1. The monoisotopic (exact) mass is 444 g/mol. The van der Waals surface area contributed by atoms with Crippen molar-refractivity contribution in [2.75, 3.05) is 5.32 Å². The molecule has 1 amide bonds. The Hall–Kier alpha value is -4.60. The van der Waals surface area contributed by atoms with Gasteiger partial charge >= 0.3 is 0 Å². The number of ether oxygens (including phenoxy) is 1. The van der Waals surface area contributed by atoms with Crippen molar-refractivity contribution in [1.29, 1.82) is 0 Å². The number of non-ortho nitro benzene ring substituents is 1. The molecular weight excluding hydrogens is 424 g/mol. The van der Waals surface area contributed by atoms with E-state index in [1.54, 1.807) is 41.1 Å². The van der Waals surface area contributed by atoms with Crippen LogP contribution in [0.5, 0.6) is 11.6 Å². The standard InChI is InChI=1S/C23H20N6O4/c1-14-15(2)27-28(16(14)3)21-12-13-22(26-25-21)33-20-10-6-18(7-11-20)24-23(30)17-4-8-19(9-5-17)29(31)32/h4-13H,1-3H3,(H,24,30). The molecule has 166 valence electrons. The molecule has 4 rings (SSSR count). The molecule has 2 aromatic heterocycles. The van der Waals surface area contributed by atoms with Crippen molar-refractivity contribution in [3.8, 4) is 17.4 Å². The first-order chi connectivity index (χ1) is 15.8. The predicted octanol–water partition coefficient (Wildman–Crippen LogP) is 4.54. The first-order valence-electron chi connectivity index (χ1n) is 10.0. The number of anilines is 1. The van der Waals surface area contributed by atoms with E-state index >= 15 is 0 Å². The van der Waals surface area contributed by atoms with Crippen LogP contribution in [0.25, 0.3) is 5.82 Å². The van der Waals surface area contributed by atoms with Crippen molar-refractivity contribution >= 4 is 17.3 Å². The van der Waals surface area contributed by atoms with Crippen LogP contribution in [0, 0.1) is 30.9 Å². The zero-order valence-electron chi connectivity index (χ0n) is 18.1. The summed E-state index contributed by atoms with van der Waals surface area (Å²) in [4.78, 5) is 22.5. The number of amides is 1. The Morgan fingerprint density at radius 3 is 2.21 bits per heavy atom. The SMILES string of the molecule is Cc1nn(-c2ccc(Oc3ccc(NC(=O)c4ccc([N+](=O)[O-])cc4)cc3)nn2)c(C)c1C. The molecule has 0 aliphatic carbocycles. The van der Waals surface area contributed by atoms with Gasteiger partial charge in [-0.1, -0.05) is 0 Å². The van der Waals surface area contributed by atoms with E-state index < -0.39 is 4.92 Å². The van der Waals surface area contributed by atoms with E-state index in [4.69, 9.17) is 4.74 Å². The van der Waals surface area contributed by atoms with E-state index in [2.05, 4.69) is 20.6 Å². The Morgan fingerprint density at radius 1 is 0.970 bits per heavy atom. The lowest BCUT2D eigenvalue weighted by Gasteiger charge is -2.08. The van der Waals surface area contributed by atoms with Gasteiger partial charge in [0.25, 0.3) is 11.6 Å². The molecule has 1 N–H and O–H groups in total. The van der Waals surface area contributed by atoms with Gasteiger partial charge in [-0.25, -0.2) is 4.68 Å². The highest BCUT2D eigenvalue weighted by Gasteiger charge is 2.12. The van der Waals surface area contributed by atoms with E-state index in [-0.39, 0.29) is 11.6 Å². The number of carbonyl (C=O) groups is 1. The summed E-state index contributed by atoms with van der Waals surface area (Å²) in [6.45, 7) is 5.93. The Kier molecular flexibility index (Phi) is 5.81. The topological polar surface area (TPSA) is 125 Å². The van der Waals surface area contributed by atoms with E-state index in [1.807, 2.05) is 20.8 Å². The fourth-order valence-electron chi connectivity index (χ4n) is 3.09. The van der Waals surface area contributed by atoms with Crippen molar-refractivity contribution in [1.82, 2.24) is 20.0 Å². The van der Waals surface area contributed by atoms with Crippen LogP contribution >= 0.6 is 0 Å². The van der Waals surface area contributed by atoms with Crippen LogP contribution in [0.4, 0.5) is 11.4 Å². The van der Waals surface area contributed by atoms with Gasteiger partial charge in [-0.3, -0.25) is 14.9 Å². The quantitative estimate of drug-likeness (QED) is 0.342. The van der Waals surface area contributed by atoms with Gasteiger partial charge < -0.3 is 10.1 Å². The molecule has 0 spiro atoms. The van der Waals surface area contributed by atoms with Gasteiger partial charge in [-0.05, 0) is 68.8 Å². The molecular formula is C23H20N6O4. The first-order valence-corrected chi connectivity index (χ1v) is 10.0. The van der Waals surface area contributed by atoms with Crippen molar-refractivity contribution in [2.24, 2.45) is 0 Å². The number of benzene rings is 2. The van der Waals surface area contributed by atoms with Crippen LogP contribution in [0.15, 0.2) is 60.7 Å². The van der Waals surface area contributed by atoms with Crippen molar-refractivity contribution in [3.63, 3.8) is 0 Å². The third-order valence-electron chi connectivity index (χ3n) is 5.17. The van der Waals surface area contributed by atoms with Gasteiger partial charge in [0.1, 0.15) is 5.75 Å². The largest absolute Gasteiger partial charge is 0.438 e. The fourth-order valence-corrected chi connectivity index (χ4v) is 3.09. The van der Waals surface area contributed by atoms with E-state index in [1.165, 1.54) is 24.3 Å². The predicted molar refractivity (Wildman–Crippen MR) is 121 cm³/mol. The minimum atomic E-state index is -0.515. The molecule has 0 saturated carbocycles. The van der Waals surface area contributed by atoms with Gasteiger partial charge in [0.2, 0.25) is 5.88 Å². The Bertz CT molecular complexity index is 1310. The van der Waals surface area contributed by atoms with Gasteiger partial charge in [-0.15, -0.1) is 10.2 Å². The number of rotatable bonds is 6. The third-order valence-corrected chi connectivity index (χ3v) is 5.17. The molecule has 10 nitrogen and oxygen atoms in total. The number of hydrogen-bond acceptors (Lipinski definition) is 7. The first kappa shape index (κ1) is 21.6. The third kappa shape index (κ3) is 4.69. The summed E-state index contributed by atoms with van der Waals surface area (Å²) in [6.07, 6.45) is 0. The van der Waals surface area contributed by atoms with Crippen molar-refractivity contribution in [3.05, 3.63) is 93.3 Å². The second kappa shape index (κ2) is 8.87. The molecule has 0 radical (unpaired) electrons. The molecule has 2 aromatic carbocycles. The molecule has 0 atom stereocenters. The van der Waals surface area contributed by atoms with Crippen LogP contribution in [0.2, 0.25) is 0 Å². The van der Waals surface area contributed by atoms with Crippen molar-refractivity contribution < 1.29 is 14.5 Å². The molecule has 0 unspecified atom stereocenters. The summed E-state index contributed by atoms with van der Waals surface area (Å²) in [5, 5.41) is 26.2. The van der Waals surface area contributed by atoms with Crippen LogP contribution in [-0.2, 0) is 0 Å². The Labute approximate surface area is 189 Å². The zero-order chi connectivity index (χ0) is 23.5. The normalized spacial score (nSPS) is 10.6. The maximum absolute atomic E-state index is 12.3. The molecule has 4 aromatic rings. The summed E-state index contributed by atoms with van der Waals surface area (Å²) in [6, 6.07) is 15.6. The molecule has 0 bridgehead atoms. The lowest BCUT2D eigenvalue weighted by Crippen LogP contribution is -2.11. The number of nitro groups is 1. The highest BCUT2D eigenvalue weighted by Crippen LogP contribution is 2.23. The summed E-state index contributed by atoms with van der Waals surface area (Å²) in [7, 11) is 0. The lowest BCUT2D eigenvalue weighted by molar-refractivity contribution is -0.384. The van der Waals surface area contributed by atoms with Crippen LogP contribution in [0.3, 0.4) is 0 Å². The zero-order valence-corrected chi connectivity index (χ0v) is 18.1. The summed E-state index contributed by atoms with van der Waals surface area (Å²) in [5.41, 5.74) is 3.84. The number of aryl methyl sites for hydroxylation is 1. The smallest absolute Gasteiger partial charge is 0.269 e. The highest BCUT2D eigenvalue weighted by atomic mass is 16.6. The Morgan fingerprint density at radius 2 is 1.67 bits per heavy atom. The van der Waals surface area contributed by atoms with Gasteiger partial charge in [0.05, 0.1) is 10.6 Å². The minimum absolute atomic E-state index is 0.0748. The minimum Gasteiger partial charge on any atom is -0.438 e. The van der Waals surface area contributed by atoms with Crippen LogP contribution in [-0.4, -0.2) is 30.8 Å². The molecule has 0 fully saturated rings. The molecule has 0 aliphatic rings. The lowest BCUT2D eigenvalue weighted by atomic mass is 10.2. The average molecular weight is 444 g/mol. The molecule has 10 heteroatoms. The molecule has 0 saturated heterocycles. The second-order valence-electron chi connectivity index (χ2n) is 7.32. The highest BCUT2D eigenvalue weighted by molar-refractivity contribution is 6.04. The molecule has 2 heterocycles. The van der Waals surface area contributed by atoms with Crippen LogP contribution in [0.1, 0.15) is 27.3 Å². The number of aromatic nitrogens is 4. The van der Waals surface area contributed by atoms with Crippen molar-refractivity contribution in [2.45, 2.75) is 20.8 Å². The number of nitrogens with zero attached hydrogens (tertiary/aromatic N) is 5. The van der Waals surface area contributed by atoms with Gasteiger partial charge in [-0.2, -0.15) is 5.10 Å². The summed E-state index contributed by atoms with van der Waals surface area (Å²) >= 11 is 0. The Balaban J connectivity index is 1.39. The van der Waals surface area contributed by atoms with E-state index in [0.29, 0.717) is 28.7 Å². The van der Waals surface area contributed by atoms with Gasteiger partial charge in [0, 0.05) is 35.1 Å². The maximum Gasteiger partial charge on any atom is 0.269 e. The van der Waals surface area contributed by atoms with E-state index in [9.17, 15) is 14.9 Å². The molecule has 0 aliphatic heterocycles. The number of nitro benzene ring substituents is 1. The maximum atomic E-state index is 12.3. The second-order valence-corrected chi connectivity index (χ2v) is 7.32. The summed E-state index contributed by atoms with van der Waals surface area (Å²) in [5.74, 6) is 1.06. The molecule has 33 heavy (non-hydrogen) atoms. The van der Waals surface area contributed by atoms with Gasteiger partial charge in [0.15, 0.2) is 5.82 Å². The number of nitrogens with one attached hydrogen (secondary N) is 1. The van der Waals surface area contributed by atoms with Crippen LogP contribution < -0.4 is 10.1 Å². The fraction of sp³-hybridized carbons (Fsp3) is 0.130. The average Bonchev–Trinajstić information content (AvgIpc) is 3.08. The number of hydrogen-bond donors (Lipinski definition) is 1. The summed E-state index contributed by atoms with van der Waals surface area (Å²) < 4.78 is 7.47.